The zero-order valence-corrected chi connectivity index (χ0v) is 19.9. The van der Waals surface area contributed by atoms with Crippen LogP contribution < -0.4 is 0 Å². The highest BCUT2D eigenvalue weighted by atomic mass is 16.3. The number of aliphatic hydroxyl groups is 1. The molecule has 1 aromatic heterocycles. The summed E-state index contributed by atoms with van der Waals surface area (Å²) in [6.45, 7) is 4.72. The van der Waals surface area contributed by atoms with Gasteiger partial charge in [0.05, 0.1) is 24.0 Å². The zero-order chi connectivity index (χ0) is 23.4. The van der Waals surface area contributed by atoms with Crippen LogP contribution in [0.5, 0.6) is 0 Å². The topological polar surface area (TPSA) is 69.2 Å². The molecule has 2 aromatic carbocycles. The number of hydrogen-bond acceptors (Lipinski definition) is 3. The predicted molar refractivity (Wildman–Crippen MR) is 131 cm³/mol. The Labute approximate surface area is 196 Å². The number of rotatable bonds is 8. The van der Waals surface area contributed by atoms with Gasteiger partial charge < -0.3 is 10.0 Å². The van der Waals surface area contributed by atoms with Crippen LogP contribution in [0.1, 0.15) is 78.0 Å². The van der Waals surface area contributed by atoms with Crippen molar-refractivity contribution >= 4 is 5.91 Å². The molecule has 1 amide bonds. The summed E-state index contributed by atoms with van der Waals surface area (Å²) in [6.07, 6.45) is 3.86. The second kappa shape index (κ2) is 10.3. The second-order valence-electron chi connectivity index (χ2n) is 9.83. The van der Waals surface area contributed by atoms with Gasteiger partial charge in [0.15, 0.2) is 0 Å². The summed E-state index contributed by atoms with van der Waals surface area (Å²) < 4.78 is 0. The number of H-pyrrole nitrogens is 1. The van der Waals surface area contributed by atoms with Gasteiger partial charge in [0.25, 0.3) is 5.91 Å². The van der Waals surface area contributed by atoms with Crippen molar-refractivity contribution in [1.82, 2.24) is 15.1 Å². The van der Waals surface area contributed by atoms with Crippen LogP contribution in [-0.4, -0.2) is 33.2 Å². The van der Waals surface area contributed by atoms with E-state index in [2.05, 4.69) is 36.2 Å². The van der Waals surface area contributed by atoms with E-state index in [1.54, 1.807) is 4.90 Å². The van der Waals surface area contributed by atoms with Crippen molar-refractivity contribution in [2.75, 3.05) is 7.05 Å². The number of carbonyl (C=O) groups excluding carboxylic acids is 1. The lowest BCUT2D eigenvalue weighted by Crippen LogP contribution is -2.26. The molecule has 0 aliphatic heterocycles. The van der Waals surface area contributed by atoms with E-state index in [1.165, 1.54) is 5.56 Å². The predicted octanol–water partition coefficient (Wildman–Crippen LogP) is 5.50. The maximum Gasteiger partial charge on any atom is 0.253 e. The standard InChI is InChI=1S/C28H35N3O2/c1-19(2)26-17-25(29-30-26)18-31(3)28(33)23-12-9-20(10-13-23)15-21-11-14-24(16-21)27(32)22-7-5-4-6-8-22/h4-10,12-13,17,19,21,24,27,32H,11,14-16,18H2,1-3H3,(H,29,30)/t21-,24-,27+/m0/s1. The quantitative estimate of drug-likeness (QED) is 0.481. The molecule has 3 atom stereocenters. The highest BCUT2D eigenvalue weighted by Crippen LogP contribution is 2.40. The van der Waals surface area contributed by atoms with Crippen molar-refractivity contribution < 1.29 is 9.90 Å². The lowest BCUT2D eigenvalue weighted by Gasteiger charge is -2.19. The van der Waals surface area contributed by atoms with Crippen LogP contribution in [0.4, 0.5) is 0 Å². The number of nitrogens with one attached hydrogen (secondary N) is 1. The Morgan fingerprint density at radius 2 is 1.85 bits per heavy atom. The first-order chi connectivity index (χ1) is 15.9. The molecule has 33 heavy (non-hydrogen) atoms. The molecule has 0 saturated heterocycles. The molecular weight excluding hydrogens is 410 g/mol. The molecule has 5 heteroatoms. The normalized spacial score (nSPS) is 19.1. The fourth-order valence-corrected chi connectivity index (χ4v) is 4.93. The third-order valence-corrected chi connectivity index (χ3v) is 6.89. The van der Waals surface area contributed by atoms with E-state index in [-0.39, 0.29) is 12.0 Å². The summed E-state index contributed by atoms with van der Waals surface area (Å²) in [5.41, 5.74) is 4.93. The van der Waals surface area contributed by atoms with Gasteiger partial charge >= 0.3 is 0 Å². The van der Waals surface area contributed by atoms with Crippen LogP contribution in [0.25, 0.3) is 0 Å². The molecule has 3 aromatic rings. The van der Waals surface area contributed by atoms with E-state index in [0.717, 1.165) is 42.6 Å². The Balaban J connectivity index is 1.30. The van der Waals surface area contributed by atoms with Gasteiger partial charge in [-0.2, -0.15) is 5.10 Å². The summed E-state index contributed by atoms with van der Waals surface area (Å²) in [5, 5.41) is 18.1. The van der Waals surface area contributed by atoms with Crippen LogP contribution in [-0.2, 0) is 13.0 Å². The molecule has 1 aliphatic rings. The molecule has 4 rings (SSSR count). The third kappa shape index (κ3) is 5.72. The molecule has 0 unspecified atom stereocenters. The monoisotopic (exact) mass is 445 g/mol. The Bertz CT molecular complexity index is 1040. The maximum absolute atomic E-state index is 12.9. The highest BCUT2D eigenvalue weighted by molar-refractivity contribution is 5.94. The van der Waals surface area contributed by atoms with Crippen molar-refractivity contribution in [2.45, 2.75) is 58.1 Å². The van der Waals surface area contributed by atoms with Crippen molar-refractivity contribution in [2.24, 2.45) is 11.8 Å². The number of benzene rings is 2. The van der Waals surface area contributed by atoms with E-state index >= 15 is 0 Å². The van der Waals surface area contributed by atoms with Crippen molar-refractivity contribution in [3.05, 3.63) is 88.7 Å². The molecular formula is C28H35N3O2. The number of amides is 1. The first-order valence-electron chi connectivity index (χ1n) is 12.0. The number of hydrogen-bond donors (Lipinski definition) is 2. The molecule has 1 heterocycles. The van der Waals surface area contributed by atoms with Gasteiger partial charge in [0.1, 0.15) is 0 Å². The van der Waals surface area contributed by atoms with Crippen LogP contribution >= 0.6 is 0 Å². The minimum atomic E-state index is -0.377. The van der Waals surface area contributed by atoms with Gasteiger partial charge in [-0.25, -0.2) is 0 Å². The van der Waals surface area contributed by atoms with Crippen LogP contribution in [0.2, 0.25) is 0 Å². The number of carbonyl (C=O) groups is 1. The SMILES string of the molecule is CC(C)c1cc(CN(C)C(=O)c2ccc(C[C@@H]3CC[C@H]([C@H](O)c4ccccc4)C3)cc2)[nH]n1. The lowest BCUT2D eigenvalue weighted by molar-refractivity contribution is 0.0783. The van der Waals surface area contributed by atoms with Crippen molar-refractivity contribution in [1.29, 1.82) is 0 Å². The average Bonchev–Trinajstić information content (AvgIpc) is 3.49. The third-order valence-electron chi connectivity index (χ3n) is 6.89. The smallest absolute Gasteiger partial charge is 0.253 e. The molecule has 0 spiro atoms. The Kier molecular flexibility index (Phi) is 7.29. The van der Waals surface area contributed by atoms with Gasteiger partial charge in [-0.1, -0.05) is 56.3 Å². The first-order valence-corrected chi connectivity index (χ1v) is 12.0. The minimum Gasteiger partial charge on any atom is -0.388 e. The number of aliphatic hydroxyl groups excluding tert-OH is 1. The molecule has 5 nitrogen and oxygen atoms in total. The van der Waals surface area contributed by atoms with Crippen LogP contribution in [0.15, 0.2) is 60.7 Å². The average molecular weight is 446 g/mol. The fraction of sp³-hybridized carbons (Fsp3) is 0.429. The van der Waals surface area contributed by atoms with E-state index in [9.17, 15) is 9.90 Å². The molecule has 2 N–H and O–H groups in total. The summed E-state index contributed by atoms with van der Waals surface area (Å²) in [6, 6.07) is 20.1. The first kappa shape index (κ1) is 23.2. The molecule has 0 bridgehead atoms. The van der Waals surface area contributed by atoms with E-state index < -0.39 is 0 Å². The number of aromatic amines is 1. The number of nitrogens with zero attached hydrogens (tertiary/aromatic N) is 2. The lowest BCUT2D eigenvalue weighted by atomic mass is 9.91. The van der Waals surface area contributed by atoms with Gasteiger partial charge in [0, 0.05) is 12.6 Å². The Morgan fingerprint density at radius 3 is 2.52 bits per heavy atom. The van der Waals surface area contributed by atoms with E-state index in [0.29, 0.717) is 29.9 Å². The molecule has 0 radical (unpaired) electrons. The largest absolute Gasteiger partial charge is 0.388 e. The summed E-state index contributed by atoms with van der Waals surface area (Å²) in [7, 11) is 1.82. The van der Waals surface area contributed by atoms with Gasteiger partial charge in [-0.15, -0.1) is 0 Å². The maximum atomic E-state index is 12.9. The highest BCUT2D eigenvalue weighted by Gasteiger charge is 2.30. The Morgan fingerprint density at radius 1 is 1.12 bits per heavy atom. The molecule has 1 aliphatic carbocycles. The zero-order valence-electron chi connectivity index (χ0n) is 19.9. The number of aromatic nitrogens is 2. The minimum absolute atomic E-state index is 0.00848. The van der Waals surface area contributed by atoms with Gasteiger partial charge in [0.2, 0.25) is 0 Å². The summed E-state index contributed by atoms with van der Waals surface area (Å²) in [4.78, 5) is 14.6. The summed E-state index contributed by atoms with van der Waals surface area (Å²) in [5.74, 6) is 1.27. The fourth-order valence-electron chi connectivity index (χ4n) is 4.93. The van der Waals surface area contributed by atoms with E-state index in [4.69, 9.17) is 0 Å². The second-order valence-corrected chi connectivity index (χ2v) is 9.83. The molecule has 1 fully saturated rings. The van der Waals surface area contributed by atoms with Crippen LogP contribution in [0.3, 0.4) is 0 Å². The Hall–Kier alpha value is -2.92. The molecule has 174 valence electrons. The van der Waals surface area contributed by atoms with E-state index in [1.807, 2.05) is 55.6 Å². The van der Waals surface area contributed by atoms with Gasteiger partial charge in [-0.05, 0) is 72.8 Å². The van der Waals surface area contributed by atoms with Gasteiger partial charge in [-0.3, -0.25) is 9.89 Å². The van der Waals surface area contributed by atoms with Crippen molar-refractivity contribution in [3.63, 3.8) is 0 Å². The summed E-state index contributed by atoms with van der Waals surface area (Å²) >= 11 is 0. The molecule has 1 saturated carbocycles. The van der Waals surface area contributed by atoms with Crippen molar-refractivity contribution in [3.8, 4) is 0 Å². The van der Waals surface area contributed by atoms with Crippen LogP contribution in [0, 0.1) is 11.8 Å².